The number of nitrogens with zero attached hydrogens (tertiary/aromatic N) is 4. The molecule has 0 spiro atoms. The van der Waals surface area contributed by atoms with Gasteiger partial charge in [-0.3, -0.25) is 9.98 Å². The van der Waals surface area contributed by atoms with Crippen LogP contribution in [0.1, 0.15) is 93.3 Å². The molecule has 7 heteroatoms. The van der Waals surface area contributed by atoms with E-state index in [0.29, 0.717) is 23.0 Å². The molecule has 0 radical (unpaired) electrons. The summed E-state index contributed by atoms with van der Waals surface area (Å²) in [4.78, 5) is 17.3. The second-order valence-corrected chi connectivity index (χ2v) is 18.1. The van der Waals surface area contributed by atoms with Gasteiger partial charge >= 0.3 is 21.1 Å². The first kappa shape index (κ1) is 41.9. The molecule has 5 aromatic carbocycles. The van der Waals surface area contributed by atoms with E-state index in [9.17, 15) is 0 Å². The first-order valence-electron chi connectivity index (χ1n) is 20.7. The summed E-state index contributed by atoms with van der Waals surface area (Å²) in [5.74, 6) is 2.43. The molecule has 0 bridgehead atoms. The number of hydrogen-bond donors (Lipinski definition) is 0. The fraction of sp³-hybridized carbons (Fsp3) is 0.241. The predicted octanol–water partition coefficient (Wildman–Crippen LogP) is 13.0. The van der Waals surface area contributed by atoms with Crippen LogP contribution in [0, 0.1) is 19.1 Å². The summed E-state index contributed by atoms with van der Waals surface area (Å²) >= 11 is 0. The number of fused-ring (bicyclic) bond motifs is 2. The van der Waals surface area contributed by atoms with E-state index in [1.807, 2.05) is 48.7 Å². The van der Waals surface area contributed by atoms with Crippen LogP contribution in [0.3, 0.4) is 0 Å². The summed E-state index contributed by atoms with van der Waals surface area (Å²) in [6.45, 7) is 17.7. The van der Waals surface area contributed by atoms with Crippen molar-refractivity contribution in [2.75, 3.05) is 4.90 Å². The van der Waals surface area contributed by atoms with Gasteiger partial charge in [-0.25, -0.2) is 4.98 Å². The van der Waals surface area contributed by atoms with E-state index >= 15 is 0 Å². The van der Waals surface area contributed by atoms with E-state index in [0.717, 1.165) is 39.6 Å². The molecule has 1 atom stereocenters. The monoisotopic (exact) mass is 981 g/mol. The Morgan fingerprint density at radius 2 is 1.38 bits per heavy atom. The molecule has 6 nitrogen and oxygen atoms in total. The van der Waals surface area contributed by atoms with Crippen molar-refractivity contribution in [2.45, 2.75) is 83.8 Å². The van der Waals surface area contributed by atoms with Crippen LogP contribution in [0.2, 0.25) is 0 Å². The number of hydrogen-bond acceptors (Lipinski definition) is 6. The number of aryl methyl sites for hydroxylation is 1. The molecular formula is C54H50N4O2Pt. The van der Waals surface area contributed by atoms with E-state index in [-0.39, 0.29) is 43.9 Å². The third kappa shape index (κ3) is 8.07. The SMILES string of the molecule is Cc1cc(Oc2[c-]c(C3=N[C@H](C(c4ccccc4)c4ccccc4)C(C)(C)O3)cc(-c3ccccn3)c2)[c-]c(N2c3ccc(C(C)(C)C)cc3C(C)(C)c3cccnc32)c1.[Pt+2]. The molecule has 2 aliphatic rings. The first-order valence-corrected chi connectivity index (χ1v) is 20.7. The first-order chi connectivity index (χ1) is 28.8. The van der Waals surface area contributed by atoms with Gasteiger partial charge in [0, 0.05) is 46.5 Å². The molecule has 0 aliphatic carbocycles. The van der Waals surface area contributed by atoms with Crippen LogP contribution in [-0.4, -0.2) is 27.5 Å². The number of ether oxygens (including phenoxy) is 2. The van der Waals surface area contributed by atoms with Gasteiger partial charge in [0.2, 0.25) is 0 Å². The zero-order valence-electron chi connectivity index (χ0n) is 35.9. The molecule has 9 rings (SSSR count). The average molecular weight is 982 g/mol. The number of rotatable bonds is 8. The number of anilines is 3. The summed E-state index contributed by atoms with van der Waals surface area (Å²) in [6, 6.07) is 53.3. The van der Waals surface area contributed by atoms with Gasteiger partial charge in [0.05, 0.1) is 11.7 Å². The number of pyridine rings is 2. The van der Waals surface area contributed by atoms with Crippen LogP contribution in [0.15, 0.2) is 151 Å². The molecule has 2 aromatic heterocycles. The summed E-state index contributed by atoms with van der Waals surface area (Å²) < 4.78 is 13.6. The molecule has 0 saturated carbocycles. The molecule has 2 aliphatic heterocycles. The van der Waals surface area contributed by atoms with Crippen LogP contribution in [0.5, 0.6) is 11.5 Å². The average Bonchev–Trinajstić information content (AvgIpc) is 3.55. The fourth-order valence-corrected chi connectivity index (χ4v) is 8.71. The maximum Gasteiger partial charge on any atom is 2.00 e. The molecule has 0 N–H and O–H groups in total. The standard InChI is InChI=1S/C54H50N4O2.Pt/c1-35-28-41(58-47-25-24-40(52(2,3)4)33-45(47)53(5,6)44-22-17-27-56-50(44)58)34-42(29-35)59-43-31-38(46-23-15-16-26-55-46)30-39(32-43)51-57-49(54(7,8)60-51)48(36-18-11-9-12-19-36)37-20-13-10-14-21-37;/h9-31,33,48-49H,1-8H3;/q-2;+2/t49-;/m1./s1. The Labute approximate surface area is 375 Å². The van der Waals surface area contributed by atoms with E-state index in [2.05, 4.69) is 163 Å². The predicted molar refractivity (Wildman–Crippen MR) is 242 cm³/mol. The van der Waals surface area contributed by atoms with Crippen molar-refractivity contribution in [2.24, 2.45) is 4.99 Å². The van der Waals surface area contributed by atoms with Gasteiger partial charge in [0.25, 0.3) is 0 Å². The minimum absolute atomic E-state index is 0. The fourth-order valence-electron chi connectivity index (χ4n) is 8.71. The summed E-state index contributed by atoms with van der Waals surface area (Å²) in [6.07, 6.45) is 3.67. The molecule has 61 heavy (non-hydrogen) atoms. The largest absolute Gasteiger partial charge is 2.00 e. The smallest absolute Gasteiger partial charge is 0.512 e. The Morgan fingerprint density at radius 1 is 0.705 bits per heavy atom. The van der Waals surface area contributed by atoms with Crippen LogP contribution < -0.4 is 9.64 Å². The topological polar surface area (TPSA) is 59.8 Å². The Kier molecular flexibility index (Phi) is 11.1. The van der Waals surface area contributed by atoms with Crippen molar-refractivity contribution in [3.8, 4) is 22.8 Å². The molecule has 7 aromatic rings. The summed E-state index contributed by atoms with van der Waals surface area (Å²) in [5, 5.41) is 0. The molecular weight excluding hydrogens is 932 g/mol. The number of aromatic nitrogens is 2. The van der Waals surface area contributed by atoms with Gasteiger partial charge in [-0.15, -0.1) is 24.3 Å². The third-order valence-electron chi connectivity index (χ3n) is 11.9. The Balaban J connectivity index is 0.00000514. The van der Waals surface area contributed by atoms with E-state index in [1.165, 1.54) is 22.3 Å². The second-order valence-electron chi connectivity index (χ2n) is 18.1. The van der Waals surface area contributed by atoms with Crippen molar-refractivity contribution in [1.82, 2.24) is 9.97 Å². The molecule has 0 amide bonds. The van der Waals surface area contributed by atoms with Gasteiger partial charge < -0.3 is 14.4 Å². The molecule has 4 heterocycles. The van der Waals surface area contributed by atoms with Gasteiger partial charge in [0.1, 0.15) is 17.3 Å². The van der Waals surface area contributed by atoms with Crippen molar-refractivity contribution in [1.29, 1.82) is 0 Å². The van der Waals surface area contributed by atoms with E-state index in [4.69, 9.17) is 24.4 Å². The molecule has 308 valence electrons. The van der Waals surface area contributed by atoms with Crippen molar-refractivity contribution in [3.05, 3.63) is 197 Å². The third-order valence-corrected chi connectivity index (χ3v) is 11.9. The number of benzene rings is 5. The Morgan fingerprint density at radius 3 is 2.05 bits per heavy atom. The summed E-state index contributed by atoms with van der Waals surface area (Å²) in [5.41, 5.74) is 10.5. The maximum absolute atomic E-state index is 6.82. The van der Waals surface area contributed by atoms with Crippen LogP contribution >= 0.6 is 0 Å². The van der Waals surface area contributed by atoms with Gasteiger partial charge in [0.15, 0.2) is 0 Å². The zero-order valence-corrected chi connectivity index (χ0v) is 38.2. The van der Waals surface area contributed by atoms with Crippen LogP contribution in [-0.2, 0) is 36.6 Å². The van der Waals surface area contributed by atoms with E-state index in [1.54, 1.807) is 6.20 Å². The Bertz CT molecular complexity index is 2690. The quantitative estimate of drug-likeness (QED) is 0.142. The normalized spacial score (nSPS) is 16.2. The Hall–Kier alpha value is -5.84. The second kappa shape index (κ2) is 16.2. The van der Waals surface area contributed by atoms with Crippen molar-refractivity contribution in [3.63, 3.8) is 0 Å². The van der Waals surface area contributed by atoms with Crippen molar-refractivity contribution < 1.29 is 30.5 Å². The van der Waals surface area contributed by atoms with E-state index < -0.39 is 5.60 Å². The molecule has 0 fully saturated rings. The van der Waals surface area contributed by atoms with Gasteiger partial charge in [-0.2, -0.15) is 5.56 Å². The summed E-state index contributed by atoms with van der Waals surface area (Å²) in [7, 11) is 0. The molecule has 0 saturated heterocycles. The van der Waals surface area contributed by atoms with Gasteiger partial charge in [-0.05, 0) is 65.8 Å². The minimum atomic E-state index is -0.627. The van der Waals surface area contributed by atoms with Crippen LogP contribution in [0.25, 0.3) is 11.3 Å². The minimum Gasteiger partial charge on any atom is -0.512 e. The van der Waals surface area contributed by atoms with Gasteiger partial charge in [-0.1, -0.05) is 155 Å². The molecule has 0 unspecified atom stereocenters. The zero-order chi connectivity index (χ0) is 41.8. The van der Waals surface area contributed by atoms with Crippen molar-refractivity contribution >= 4 is 23.1 Å². The maximum atomic E-state index is 6.82. The van der Waals surface area contributed by atoms with Crippen LogP contribution in [0.4, 0.5) is 17.2 Å². The number of aliphatic imine (C=N–C) groups is 1.